The van der Waals surface area contributed by atoms with E-state index in [-0.39, 0.29) is 18.4 Å². The average molecular weight is 379 g/mol. The number of rotatable bonds is 4. The van der Waals surface area contributed by atoms with Gasteiger partial charge in [-0.3, -0.25) is 4.79 Å². The highest BCUT2D eigenvalue weighted by molar-refractivity contribution is 5.79. The third kappa shape index (κ3) is 3.49. The lowest BCUT2D eigenvalue weighted by atomic mass is 9.78. The van der Waals surface area contributed by atoms with E-state index in [0.717, 1.165) is 0 Å². The largest absolute Gasteiger partial charge is 0.481 e. The van der Waals surface area contributed by atoms with Gasteiger partial charge in [-0.15, -0.1) is 0 Å². The fraction of sp³-hybridized carbons (Fsp3) is 0.391. The first kappa shape index (κ1) is 18.5. The number of carbonyl (C=O) groups is 2. The Kier molecular flexibility index (Phi) is 4.84. The van der Waals surface area contributed by atoms with Crippen LogP contribution in [0.5, 0.6) is 0 Å². The summed E-state index contributed by atoms with van der Waals surface area (Å²) in [5.41, 5.74) is 4.36. The first-order chi connectivity index (χ1) is 13.5. The van der Waals surface area contributed by atoms with Crippen LogP contribution in [0, 0.1) is 5.92 Å². The van der Waals surface area contributed by atoms with Crippen molar-refractivity contribution < 1.29 is 19.4 Å². The fourth-order valence-corrected chi connectivity index (χ4v) is 4.51. The van der Waals surface area contributed by atoms with E-state index in [0.29, 0.717) is 25.7 Å². The van der Waals surface area contributed by atoms with E-state index < -0.39 is 17.6 Å². The molecule has 0 radical (unpaired) electrons. The van der Waals surface area contributed by atoms with E-state index in [4.69, 9.17) is 9.84 Å². The van der Waals surface area contributed by atoms with Gasteiger partial charge in [0, 0.05) is 11.5 Å². The third-order valence-electron chi connectivity index (χ3n) is 6.19. The number of carboxylic acids is 1. The van der Waals surface area contributed by atoms with Gasteiger partial charge in [0.25, 0.3) is 0 Å². The summed E-state index contributed by atoms with van der Waals surface area (Å²) < 4.78 is 5.62. The van der Waals surface area contributed by atoms with E-state index in [1.165, 1.54) is 22.3 Å². The van der Waals surface area contributed by atoms with Crippen LogP contribution in [0.2, 0.25) is 0 Å². The second-order valence-corrected chi connectivity index (χ2v) is 8.12. The van der Waals surface area contributed by atoms with Gasteiger partial charge in [0.15, 0.2) is 0 Å². The summed E-state index contributed by atoms with van der Waals surface area (Å²) in [5, 5.41) is 12.1. The standard InChI is InChI=1S/C23H25NO4/c1-23(12-10-15(11-13-23)21(25)26)24-22(27)28-14-20-18-8-4-2-6-16(18)17-7-3-5-9-19(17)20/h2-9,15,20H,10-14H2,1H3,(H,24,27)(H,25,26). The van der Waals surface area contributed by atoms with Crippen LogP contribution in [-0.2, 0) is 9.53 Å². The molecule has 2 aromatic rings. The lowest BCUT2D eigenvalue weighted by Gasteiger charge is -2.36. The SMILES string of the molecule is CC1(NC(=O)OCC2c3ccccc3-c3ccccc32)CCC(C(=O)O)CC1. The summed E-state index contributed by atoms with van der Waals surface area (Å²) in [4.78, 5) is 23.6. The number of alkyl carbamates (subject to hydrolysis) is 1. The van der Waals surface area contributed by atoms with Crippen molar-refractivity contribution in [2.45, 2.75) is 44.1 Å². The van der Waals surface area contributed by atoms with E-state index in [1.807, 2.05) is 31.2 Å². The maximum Gasteiger partial charge on any atom is 0.407 e. The summed E-state index contributed by atoms with van der Waals surface area (Å²) in [6.07, 6.45) is 2.02. The van der Waals surface area contributed by atoms with Crippen molar-refractivity contribution in [3.05, 3.63) is 59.7 Å². The Bertz CT molecular complexity index is 853. The first-order valence-electron chi connectivity index (χ1n) is 9.83. The van der Waals surface area contributed by atoms with Gasteiger partial charge in [0.2, 0.25) is 0 Å². The molecule has 2 N–H and O–H groups in total. The molecule has 5 nitrogen and oxygen atoms in total. The second-order valence-electron chi connectivity index (χ2n) is 8.12. The molecule has 0 spiro atoms. The normalized spacial score (nSPS) is 23.5. The number of carbonyl (C=O) groups excluding carboxylic acids is 1. The van der Waals surface area contributed by atoms with Crippen molar-refractivity contribution in [2.24, 2.45) is 5.92 Å². The number of hydrogen-bond donors (Lipinski definition) is 2. The summed E-state index contributed by atoms with van der Waals surface area (Å²) in [7, 11) is 0. The van der Waals surface area contributed by atoms with Gasteiger partial charge in [0.1, 0.15) is 6.61 Å². The highest BCUT2D eigenvalue weighted by Crippen LogP contribution is 2.44. The molecule has 0 saturated heterocycles. The molecule has 0 aliphatic heterocycles. The van der Waals surface area contributed by atoms with Crippen molar-refractivity contribution >= 4 is 12.1 Å². The van der Waals surface area contributed by atoms with Crippen LogP contribution in [0.4, 0.5) is 4.79 Å². The van der Waals surface area contributed by atoms with Gasteiger partial charge in [0.05, 0.1) is 5.92 Å². The highest BCUT2D eigenvalue weighted by atomic mass is 16.5. The van der Waals surface area contributed by atoms with E-state index in [1.54, 1.807) is 0 Å². The number of carboxylic acid groups (broad SMARTS) is 1. The number of aliphatic carboxylic acids is 1. The predicted molar refractivity (Wildman–Crippen MR) is 106 cm³/mol. The number of amides is 1. The van der Waals surface area contributed by atoms with Gasteiger partial charge in [-0.25, -0.2) is 4.79 Å². The van der Waals surface area contributed by atoms with Crippen molar-refractivity contribution in [1.29, 1.82) is 0 Å². The summed E-state index contributed by atoms with van der Waals surface area (Å²) in [6.45, 7) is 2.25. The smallest absolute Gasteiger partial charge is 0.407 e. The number of ether oxygens (including phenoxy) is 1. The predicted octanol–water partition coefficient (Wildman–Crippen LogP) is 4.56. The molecule has 0 unspecified atom stereocenters. The Balaban J connectivity index is 1.40. The lowest BCUT2D eigenvalue weighted by Crippen LogP contribution is -2.49. The van der Waals surface area contributed by atoms with Gasteiger partial charge in [-0.2, -0.15) is 0 Å². The molecule has 1 saturated carbocycles. The van der Waals surface area contributed by atoms with E-state index in [2.05, 4.69) is 29.6 Å². The van der Waals surface area contributed by atoms with Crippen LogP contribution in [-0.4, -0.2) is 29.3 Å². The molecule has 0 aromatic heterocycles. The topological polar surface area (TPSA) is 75.6 Å². The summed E-state index contributed by atoms with van der Waals surface area (Å²) >= 11 is 0. The lowest BCUT2D eigenvalue weighted by molar-refractivity contribution is -0.143. The van der Waals surface area contributed by atoms with Crippen LogP contribution in [0.3, 0.4) is 0 Å². The molecule has 2 aromatic carbocycles. The van der Waals surface area contributed by atoms with E-state index >= 15 is 0 Å². The van der Waals surface area contributed by atoms with E-state index in [9.17, 15) is 9.59 Å². The third-order valence-corrected chi connectivity index (χ3v) is 6.19. The molecule has 0 bridgehead atoms. The van der Waals surface area contributed by atoms with Gasteiger partial charge in [-0.1, -0.05) is 48.5 Å². The van der Waals surface area contributed by atoms with Crippen molar-refractivity contribution in [3.63, 3.8) is 0 Å². The zero-order valence-corrected chi connectivity index (χ0v) is 16.0. The Morgan fingerprint density at radius 1 is 1.04 bits per heavy atom. The molecule has 146 valence electrons. The molecule has 2 aliphatic carbocycles. The number of benzene rings is 2. The maximum atomic E-state index is 12.5. The van der Waals surface area contributed by atoms with Crippen LogP contribution >= 0.6 is 0 Å². The molecule has 0 heterocycles. The monoisotopic (exact) mass is 379 g/mol. The Morgan fingerprint density at radius 3 is 2.11 bits per heavy atom. The van der Waals surface area contributed by atoms with Crippen molar-refractivity contribution in [3.8, 4) is 11.1 Å². The first-order valence-corrected chi connectivity index (χ1v) is 9.83. The van der Waals surface area contributed by atoms with Gasteiger partial charge in [-0.05, 0) is 54.9 Å². The van der Waals surface area contributed by atoms with Crippen LogP contribution in [0.15, 0.2) is 48.5 Å². The zero-order chi connectivity index (χ0) is 19.7. The maximum absolute atomic E-state index is 12.5. The van der Waals surface area contributed by atoms with Crippen LogP contribution in [0.25, 0.3) is 11.1 Å². The molecule has 1 amide bonds. The Labute approximate surface area is 164 Å². The highest BCUT2D eigenvalue weighted by Gasteiger charge is 2.36. The minimum absolute atomic E-state index is 0.0358. The molecule has 1 fully saturated rings. The van der Waals surface area contributed by atoms with Crippen molar-refractivity contribution in [2.75, 3.05) is 6.61 Å². The minimum atomic E-state index is -0.747. The zero-order valence-electron chi connectivity index (χ0n) is 16.0. The molecule has 0 atom stereocenters. The molecular weight excluding hydrogens is 354 g/mol. The number of nitrogens with one attached hydrogen (secondary N) is 1. The Morgan fingerprint density at radius 2 is 1.57 bits per heavy atom. The van der Waals surface area contributed by atoms with Gasteiger partial charge >= 0.3 is 12.1 Å². The van der Waals surface area contributed by atoms with Crippen LogP contribution < -0.4 is 5.32 Å². The number of fused-ring (bicyclic) bond motifs is 3. The molecule has 4 rings (SSSR count). The average Bonchev–Trinajstić information content (AvgIpc) is 3.00. The Hall–Kier alpha value is -2.82. The fourth-order valence-electron chi connectivity index (χ4n) is 4.51. The minimum Gasteiger partial charge on any atom is -0.481 e. The second kappa shape index (κ2) is 7.30. The van der Waals surface area contributed by atoms with Crippen molar-refractivity contribution in [1.82, 2.24) is 5.32 Å². The van der Waals surface area contributed by atoms with Crippen LogP contribution in [0.1, 0.15) is 49.7 Å². The molecule has 28 heavy (non-hydrogen) atoms. The van der Waals surface area contributed by atoms with Gasteiger partial charge < -0.3 is 15.2 Å². The number of hydrogen-bond acceptors (Lipinski definition) is 3. The molecular formula is C23H25NO4. The summed E-state index contributed by atoms with van der Waals surface area (Å²) in [5.74, 6) is -1.02. The molecule has 5 heteroatoms. The summed E-state index contributed by atoms with van der Waals surface area (Å²) in [6, 6.07) is 16.5. The quantitative estimate of drug-likeness (QED) is 0.817. The molecule has 2 aliphatic rings.